The maximum Gasteiger partial charge on any atom is 0.262 e. The summed E-state index contributed by atoms with van der Waals surface area (Å²) in [4.78, 5) is 14.8. The van der Waals surface area contributed by atoms with E-state index in [9.17, 15) is 4.79 Å². The molecule has 3 aromatic rings. The molecule has 0 aliphatic carbocycles. The molecule has 4 rings (SSSR count). The molecule has 1 amide bonds. The number of nitrogens with zero attached hydrogens (tertiary/aromatic N) is 5. The molecule has 1 N–H and O–H groups in total. The van der Waals surface area contributed by atoms with Gasteiger partial charge in [0.1, 0.15) is 5.56 Å². The lowest BCUT2D eigenvalue weighted by atomic mass is 10.1. The normalized spacial score (nSPS) is 13.9. The minimum absolute atomic E-state index is 0.270. The van der Waals surface area contributed by atoms with Crippen LogP contribution in [0, 0.1) is 0 Å². The Bertz CT molecular complexity index is 975. The fraction of sp³-hybridized carbons (Fsp3) is 0.333. The lowest BCUT2D eigenvalue weighted by Crippen LogP contribution is -2.30. The fourth-order valence-corrected chi connectivity index (χ4v) is 3.47. The van der Waals surface area contributed by atoms with Crippen molar-refractivity contribution in [1.29, 1.82) is 0 Å². The lowest BCUT2D eigenvalue weighted by molar-refractivity contribution is 0.102. The molecule has 8 heteroatoms. The first-order valence-corrected chi connectivity index (χ1v) is 9.72. The number of aromatic nitrogens is 4. The summed E-state index contributed by atoms with van der Waals surface area (Å²) in [6.45, 7) is 2.09. The second-order valence-electron chi connectivity index (χ2n) is 7.08. The number of amides is 1. The largest absolute Gasteiger partial charge is 0.479 e. The Hall–Kier alpha value is -3.42. The first-order chi connectivity index (χ1) is 14.1. The number of carbonyl (C=O) groups is 1. The Labute approximate surface area is 169 Å². The SMILES string of the molecule is COc1nn(C)cc1C(=O)Nc1ccc(-c2ccc(N3CCCCC3)nn2)cc1. The van der Waals surface area contributed by atoms with Gasteiger partial charge >= 0.3 is 0 Å². The number of rotatable bonds is 5. The molecule has 0 atom stereocenters. The zero-order valence-electron chi connectivity index (χ0n) is 16.6. The molecule has 3 heterocycles. The number of hydrogen-bond donors (Lipinski definition) is 1. The van der Waals surface area contributed by atoms with Gasteiger partial charge in [0.05, 0.1) is 12.8 Å². The van der Waals surface area contributed by atoms with Crippen molar-refractivity contribution in [1.82, 2.24) is 20.0 Å². The molecule has 0 spiro atoms. The molecule has 0 unspecified atom stereocenters. The molecule has 0 radical (unpaired) electrons. The number of benzene rings is 1. The predicted molar refractivity (Wildman–Crippen MR) is 111 cm³/mol. The fourth-order valence-electron chi connectivity index (χ4n) is 3.47. The van der Waals surface area contributed by atoms with E-state index in [-0.39, 0.29) is 5.91 Å². The molecule has 1 aromatic carbocycles. The maximum atomic E-state index is 12.5. The summed E-state index contributed by atoms with van der Waals surface area (Å²) in [5.74, 6) is 0.960. The van der Waals surface area contributed by atoms with Crippen LogP contribution in [-0.4, -0.2) is 46.1 Å². The Kier molecular flexibility index (Phi) is 5.41. The van der Waals surface area contributed by atoms with Gasteiger partial charge in [0, 0.05) is 37.6 Å². The number of carbonyl (C=O) groups excluding carboxylic acids is 1. The molecule has 1 aliphatic rings. The van der Waals surface area contributed by atoms with Gasteiger partial charge < -0.3 is 15.0 Å². The van der Waals surface area contributed by atoms with E-state index in [1.54, 1.807) is 17.9 Å². The molecule has 0 saturated carbocycles. The average Bonchev–Trinajstić information content (AvgIpc) is 3.16. The lowest BCUT2D eigenvalue weighted by Gasteiger charge is -2.27. The third-order valence-electron chi connectivity index (χ3n) is 5.00. The molecule has 1 saturated heterocycles. The van der Waals surface area contributed by atoms with Gasteiger partial charge in [-0.1, -0.05) is 12.1 Å². The molecule has 1 aliphatic heterocycles. The molecule has 8 nitrogen and oxygen atoms in total. The summed E-state index contributed by atoms with van der Waals surface area (Å²) in [6, 6.07) is 11.5. The van der Waals surface area contributed by atoms with Gasteiger partial charge in [-0.2, -0.15) is 0 Å². The molecule has 150 valence electrons. The van der Waals surface area contributed by atoms with Crippen LogP contribution < -0.4 is 15.0 Å². The minimum Gasteiger partial charge on any atom is -0.479 e. The third-order valence-corrected chi connectivity index (χ3v) is 5.00. The summed E-state index contributed by atoms with van der Waals surface area (Å²) >= 11 is 0. The van der Waals surface area contributed by atoms with Crippen LogP contribution in [0.25, 0.3) is 11.3 Å². The molecular formula is C21H24N6O2. The van der Waals surface area contributed by atoms with Crippen molar-refractivity contribution >= 4 is 17.4 Å². The summed E-state index contributed by atoms with van der Waals surface area (Å²) in [6.07, 6.45) is 5.34. The summed E-state index contributed by atoms with van der Waals surface area (Å²) in [5, 5.41) is 15.7. The summed E-state index contributed by atoms with van der Waals surface area (Å²) in [7, 11) is 3.23. The highest BCUT2D eigenvalue weighted by Gasteiger charge is 2.17. The highest BCUT2D eigenvalue weighted by molar-refractivity contribution is 6.05. The minimum atomic E-state index is -0.270. The van der Waals surface area contributed by atoms with E-state index in [4.69, 9.17) is 4.74 Å². The second-order valence-corrected chi connectivity index (χ2v) is 7.08. The first-order valence-electron chi connectivity index (χ1n) is 9.72. The van der Waals surface area contributed by atoms with Crippen LogP contribution in [0.15, 0.2) is 42.6 Å². The Morgan fingerprint density at radius 1 is 1.03 bits per heavy atom. The zero-order valence-corrected chi connectivity index (χ0v) is 16.6. The van der Waals surface area contributed by atoms with Gasteiger partial charge in [-0.3, -0.25) is 9.48 Å². The quantitative estimate of drug-likeness (QED) is 0.718. The third kappa shape index (κ3) is 4.21. The zero-order chi connectivity index (χ0) is 20.2. The van der Waals surface area contributed by atoms with Crippen LogP contribution in [0.1, 0.15) is 29.6 Å². The van der Waals surface area contributed by atoms with Gasteiger partial charge in [-0.05, 0) is 43.5 Å². The highest BCUT2D eigenvalue weighted by atomic mass is 16.5. The number of nitrogens with one attached hydrogen (secondary N) is 1. The van der Waals surface area contributed by atoms with Gasteiger partial charge in [-0.15, -0.1) is 15.3 Å². The highest BCUT2D eigenvalue weighted by Crippen LogP contribution is 2.23. The van der Waals surface area contributed by atoms with Crippen molar-refractivity contribution in [3.8, 4) is 17.1 Å². The van der Waals surface area contributed by atoms with Crippen molar-refractivity contribution in [2.75, 3.05) is 30.4 Å². The Morgan fingerprint density at radius 2 is 1.79 bits per heavy atom. The predicted octanol–water partition coefficient (Wildman–Crippen LogP) is 3.13. The van der Waals surface area contributed by atoms with Crippen LogP contribution >= 0.6 is 0 Å². The molecule has 1 fully saturated rings. The van der Waals surface area contributed by atoms with Crippen LogP contribution in [0.4, 0.5) is 11.5 Å². The standard InChI is InChI=1S/C21H24N6O2/c1-26-14-17(21(25-26)29-2)20(28)22-16-8-6-15(7-9-16)18-10-11-19(24-23-18)27-12-4-3-5-13-27/h6-11,14H,3-5,12-13H2,1-2H3,(H,22,28). The monoisotopic (exact) mass is 392 g/mol. The van der Waals surface area contributed by atoms with E-state index >= 15 is 0 Å². The molecule has 29 heavy (non-hydrogen) atoms. The van der Waals surface area contributed by atoms with Crippen LogP contribution in [0.3, 0.4) is 0 Å². The smallest absolute Gasteiger partial charge is 0.262 e. The topological polar surface area (TPSA) is 85.2 Å². The number of piperidine rings is 1. The van der Waals surface area contributed by atoms with Crippen molar-refractivity contribution in [3.05, 3.63) is 48.2 Å². The van der Waals surface area contributed by atoms with E-state index in [0.29, 0.717) is 17.1 Å². The van der Waals surface area contributed by atoms with Crippen molar-refractivity contribution < 1.29 is 9.53 Å². The number of aryl methyl sites for hydroxylation is 1. The first kappa shape index (κ1) is 18.9. The van der Waals surface area contributed by atoms with Crippen LogP contribution in [0.5, 0.6) is 5.88 Å². The van der Waals surface area contributed by atoms with Gasteiger partial charge in [0.2, 0.25) is 5.88 Å². The number of methoxy groups -OCH3 is 1. The van der Waals surface area contributed by atoms with Gasteiger partial charge in [-0.25, -0.2) is 0 Å². The molecular weight excluding hydrogens is 368 g/mol. The van der Waals surface area contributed by atoms with Gasteiger partial charge in [0.25, 0.3) is 5.91 Å². The summed E-state index contributed by atoms with van der Waals surface area (Å²) < 4.78 is 6.69. The van der Waals surface area contributed by atoms with Crippen LogP contribution in [0.2, 0.25) is 0 Å². The van der Waals surface area contributed by atoms with E-state index in [1.807, 2.05) is 36.4 Å². The Morgan fingerprint density at radius 3 is 2.45 bits per heavy atom. The van der Waals surface area contributed by atoms with E-state index < -0.39 is 0 Å². The van der Waals surface area contributed by atoms with Crippen LogP contribution in [-0.2, 0) is 7.05 Å². The number of anilines is 2. The van der Waals surface area contributed by atoms with Crippen molar-refractivity contribution in [3.63, 3.8) is 0 Å². The van der Waals surface area contributed by atoms with Crippen molar-refractivity contribution in [2.45, 2.75) is 19.3 Å². The van der Waals surface area contributed by atoms with E-state index in [2.05, 4.69) is 25.5 Å². The average molecular weight is 392 g/mol. The molecule has 0 bridgehead atoms. The Balaban J connectivity index is 1.44. The van der Waals surface area contributed by atoms with Crippen molar-refractivity contribution in [2.24, 2.45) is 7.05 Å². The maximum absolute atomic E-state index is 12.5. The molecule has 2 aromatic heterocycles. The second kappa shape index (κ2) is 8.30. The summed E-state index contributed by atoms with van der Waals surface area (Å²) in [5.41, 5.74) is 2.82. The van der Waals surface area contributed by atoms with Gasteiger partial charge in [0.15, 0.2) is 5.82 Å². The van der Waals surface area contributed by atoms with E-state index in [0.717, 1.165) is 30.2 Å². The van der Waals surface area contributed by atoms with E-state index in [1.165, 1.54) is 26.4 Å². The number of ether oxygens (including phenoxy) is 1. The number of hydrogen-bond acceptors (Lipinski definition) is 6.